The molecule has 0 amide bonds. The van der Waals surface area contributed by atoms with Gasteiger partial charge in [0.2, 0.25) is 0 Å². The minimum absolute atomic E-state index is 0.00978. The number of carbonyl (C=O) groups is 1. The zero-order valence-corrected chi connectivity index (χ0v) is 11.4. The van der Waals surface area contributed by atoms with E-state index in [1.165, 1.54) is 13.2 Å². The summed E-state index contributed by atoms with van der Waals surface area (Å²) in [6.07, 6.45) is 3.22. The number of hydrogen-bond acceptors (Lipinski definition) is 3. The van der Waals surface area contributed by atoms with E-state index < -0.39 is 5.82 Å². The first-order valence-corrected chi connectivity index (χ1v) is 6.24. The lowest BCUT2D eigenvalue weighted by Gasteiger charge is -2.11. The van der Waals surface area contributed by atoms with Gasteiger partial charge in [0.1, 0.15) is 0 Å². The SMILES string of the molecule is C=CCCc1cc(F)c(OC)c(CC(=O)OCC)c1. The number of hydrogen-bond donors (Lipinski definition) is 0. The second kappa shape index (κ2) is 7.56. The molecule has 0 N–H and O–H groups in total. The molecule has 1 aromatic rings. The Balaban J connectivity index is 3.00. The van der Waals surface area contributed by atoms with E-state index in [1.54, 1.807) is 19.1 Å². The summed E-state index contributed by atoms with van der Waals surface area (Å²) in [5, 5.41) is 0. The van der Waals surface area contributed by atoms with Crippen LogP contribution in [-0.2, 0) is 22.4 Å². The fraction of sp³-hybridized carbons (Fsp3) is 0.400. The Morgan fingerprint density at radius 3 is 2.79 bits per heavy atom. The highest BCUT2D eigenvalue weighted by Gasteiger charge is 2.15. The Morgan fingerprint density at radius 1 is 1.47 bits per heavy atom. The Morgan fingerprint density at radius 2 is 2.21 bits per heavy atom. The van der Waals surface area contributed by atoms with Crippen LogP contribution in [-0.4, -0.2) is 19.7 Å². The van der Waals surface area contributed by atoms with Crippen LogP contribution >= 0.6 is 0 Å². The molecule has 0 aliphatic carbocycles. The molecule has 0 saturated heterocycles. The molecular weight excluding hydrogens is 247 g/mol. The number of ether oxygens (including phenoxy) is 2. The molecule has 0 heterocycles. The van der Waals surface area contributed by atoms with E-state index in [2.05, 4.69) is 6.58 Å². The minimum atomic E-state index is -0.455. The number of esters is 1. The summed E-state index contributed by atoms with van der Waals surface area (Å²) in [7, 11) is 1.39. The number of methoxy groups -OCH3 is 1. The Kier molecular flexibility index (Phi) is 6.06. The predicted octanol–water partition coefficient (Wildman–Crippen LogP) is 3.06. The van der Waals surface area contributed by atoms with Gasteiger partial charge in [0.15, 0.2) is 11.6 Å². The smallest absolute Gasteiger partial charge is 0.310 e. The molecule has 0 atom stereocenters. The van der Waals surface area contributed by atoms with Gasteiger partial charge in [-0.15, -0.1) is 6.58 Å². The van der Waals surface area contributed by atoms with Gasteiger partial charge >= 0.3 is 5.97 Å². The molecule has 0 aliphatic rings. The Bertz CT molecular complexity index is 455. The zero-order valence-electron chi connectivity index (χ0n) is 11.4. The summed E-state index contributed by atoms with van der Waals surface area (Å²) in [5.74, 6) is -0.736. The van der Waals surface area contributed by atoms with E-state index in [9.17, 15) is 9.18 Å². The van der Waals surface area contributed by atoms with Crippen LogP contribution in [0.1, 0.15) is 24.5 Å². The summed E-state index contributed by atoms with van der Waals surface area (Å²) >= 11 is 0. The fourth-order valence-corrected chi connectivity index (χ4v) is 1.85. The van der Waals surface area contributed by atoms with Crippen molar-refractivity contribution in [1.82, 2.24) is 0 Å². The number of carbonyl (C=O) groups excluding carboxylic acids is 1. The zero-order chi connectivity index (χ0) is 14.3. The number of allylic oxidation sites excluding steroid dienone is 1. The molecule has 0 radical (unpaired) electrons. The molecule has 0 aliphatic heterocycles. The monoisotopic (exact) mass is 266 g/mol. The first-order chi connectivity index (χ1) is 9.12. The maximum Gasteiger partial charge on any atom is 0.310 e. The van der Waals surface area contributed by atoms with Crippen molar-refractivity contribution in [3.63, 3.8) is 0 Å². The summed E-state index contributed by atoms with van der Waals surface area (Å²) in [4.78, 5) is 11.5. The fourth-order valence-electron chi connectivity index (χ4n) is 1.85. The van der Waals surface area contributed by atoms with Crippen molar-refractivity contribution >= 4 is 5.97 Å². The number of benzene rings is 1. The molecule has 0 saturated carbocycles. The van der Waals surface area contributed by atoms with Crippen LogP contribution in [0.5, 0.6) is 5.75 Å². The molecular formula is C15H19FO3. The van der Waals surface area contributed by atoms with Gasteiger partial charge in [-0.3, -0.25) is 4.79 Å². The van der Waals surface area contributed by atoms with E-state index in [1.807, 2.05) is 0 Å². The summed E-state index contributed by atoms with van der Waals surface area (Å²) in [6.45, 7) is 5.67. The molecule has 0 unspecified atom stereocenters. The maximum atomic E-state index is 13.9. The lowest BCUT2D eigenvalue weighted by atomic mass is 10.0. The van der Waals surface area contributed by atoms with Crippen molar-refractivity contribution < 1.29 is 18.7 Å². The second-order valence-electron chi connectivity index (χ2n) is 4.08. The lowest BCUT2D eigenvalue weighted by molar-refractivity contribution is -0.142. The molecule has 0 aromatic heterocycles. The highest BCUT2D eigenvalue weighted by Crippen LogP contribution is 2.26. The van der Waals surface area contributed by atoms with E-state index in [-0.39, 0.29) is 18.1 Å². The minimum Gasteiger partial charge on any atom is -0.493 e. The molecule has 19 heavy (non-hydrogen) atoms. The van der Waals surface area contributed by atoms with Gasteiger partial charge in [-0.1, -0.05) is 12.1 Å². The first kappa shape index (κ1) is 15.2. The average molecular weight is 266 g/mol. The standard InChI is InChI=1S/C15H19FO3/c1-4-6-7-11-8-12(10-14(17)19-5-2)15(18-3)13(16)9-11/h4,8-9H,1,5-7,10H2,2-3H3. The highest BCUT2D eigenvalue weighted by molar-refractivity contribution is 5.73. The van der Waals surface area contributed by atoms with Crippen molar-refractivity contribution in [3.05, 3.63) is 41.7 Å². The molecule has 3 nitrogen and oxygen atoms in total. The topological polar surface area (TPSA) is 35.5 Å². The van der Waals surface area contributed by atoms with E-state index in [0.29, 0.717) is 18.6 Å². The second-order valence-corrected chi connectivity index (χ2v) is 4.08. The van der Waals surface area contributed by atoms with Crippen molar-refractivity contribution in [1.29, 1.82) is 0 Å². The Hall–Kier alpha value is -1.84. The number of aryl methyl sites for hydroxylation is 1. The van der Waals surface area contributed by atoms with Gasteiger partial charge in [0.05, 0.1) is 20.1 Å². The third kappa shape index (κ3) is 4.39. The van der Waals surface area contributed by atoms with Crippen LogP contribution in [0.3, 0.4) is 0 Å². The third-order valence-corrected chi connectivity index (χ3v) is 2.66. The number of halogens is 1. The number of rotatable bonds is 7. The molecule has 0 bridgehead atoms. The highest BCUT2D eigenvalue weighted by atomic mass is 19.1. The molecule has 104 valence electrons. The van der Waals surface area contributed by atoms with E-state index in [4.69, 9.17) is 9.47 Å². The molecule has 0 spiro atoms. The van der Waals surface area contributed by atoms with Crippen LogP contribution in [0.15, 0.2) is 24.8 Å². The summed E-state index contributed by atoms with van der Waals surface area (Å²) in [6, 6.07) is 3.21. The summed E-state index contributed by atoms with van der Waals surface area (Å²) < 4.78 is 23.8. The van der Waals surface area contributed by atoms with Crippen LogP contribution in [0.2, 0.25) is 0 Å². The quantitative estimate of drug-likeness (QED) is 0.562. The van der Waals surface area contributed by atoms with Gasteiger partial charge in [0, 0.05) is 5.56 Å². The summed E-state index contributed by atoms with van der Waals surface area (Å²) in [5.41, 5.74) is 1.33. The van der Waals surface area contributed by atoms with Gasteiger partial charge in [-0.25, -0.2) is 4.39 Å². The molecule has 0 fully saturated rings. The predicted molar refractivity (Wildman–Crippen MR) is 71.8 cm³/mol. The van der Waals surface area contributed by atoms with Crippen LogP contribution in [0.4, 0.5) is 4.39 Å². The van der Waals surface area contributed by atoms with Crippen LogP contribution in [0.25, 0.3) is 0 Å². The average Bonchev–Trinajstić information content (AvgIpc) is 2.36. The third-order valence-electron chi connectivity index (χ3n) is 2.66. The van der Waals surface area contributed by atoms with E-state index in [0.717, 1.165) is 12.0 Å². The molecule has 1 aromatic carbocycles. The lowest BCUT2D eigenvalue weighted by Crippen LogP contribution is -2.09. The van der Waals surface area contributed by atoms with Crippen molar-refractivity contribution in [2.45, 2.75) is 26.2 Å². The van der Waals surface area contributed by atoms with Gasteiger partial charge in [0.25, 0.3) is 0 Å². The normalized spacial score (nSPS) is 10.1. The van der Waals surface area contributed by atoms with Gasteiger partial charge < -0.3 is 9.47 Å². The largest absolute Gasteiger partial charge is 0.493 e. The van der Waals surface area contributed by atoms with Crippen molar-refractivity contribution in [3.8, 4) is 5.75 Å². The van der Waals surface area contributed by atoms with Crippen LogP contribution < -0.4 is 4.74 Å². The Labute approximate surface area is 113 Å². The molecule has 4 heteroatoms. The van der Waals surface area contributed by atoms with Crippen molar-refractivity contribution in [2.75, 3.05) is 13.7 Å². The van der Waals surface area contributed by atoms with Crippen molar-refractivity contribution in [2.24, 2.45) is 0 Å². The van der Waals surface area contributed by atoms with Crippen LogP contribution in [0, 0.1) is 5.82 Å². The molecule has 1 rings (SSSR count). The van der Waals surface area contributed by atoms with E-state index >= 15 is 0 Å². The maximum absolute atomic E-state index is 13.9. The van der Waals surface area contributed by atoms with Gasteiger partial charge in [-0.2, -0.15) is 0 Å². The first-order valence-electron chi connectivity index (χ1n) is 6.24. The van der Waals surface area contributed by atoms with Gasteiger partial charge in [-0.05, 0) is 31.4 Å².